The van der Waals surface area contributed by atoms with Crippen LogP contribution in [0, 0.1) is 6.92 Å². The molecule has 8 nitrogen and oxygen atoms in total. The number of thioether (sulfide) groups is 1. The SMILES string of the molecule is Cc1oc(-c2cc3cc(O)c(O)cc3s2)nc1CCOc1ccc(CC2SC(=O)NC2=O)cc1. The van der Waals surface area contributed by atoms with E-state index in [4.69, 9.17) is 9.15 Å². The molecule has 0 bridgehead atoms. The fraction of sp³-hybridized carbons (Fsp3) is 0.208. The molecule has 3 N–H and O–H groups in total. The van der Waals surface area contributed by atoms with Gasteiger partial charge in [-0.1, -0.05) is 23.9 Å². The van der Waals surface area contributed by atoms with Gasteiger partial charge in [-0.2, -0.15) is 0 Å². The molecule has 1 fully saturated rings. The van der Waals surface area contributed by atoms with Crippen molar-refractivity contribution in [1.29, 1.82) is 0 Å². The quantitative estimate of drug-likeness (QED) is 0.312. The topological polar surface area (TPSA) is 122 Å². The Morgan fingerprint density at radius 1 is 1.12 bits per heavy atom. The van der Waals surface area contributed by atoms with E-state index in [0.29, 0.717) is 36.8 Å². The predicted octanol–water partition coefficient (Wildman–Crippen LogP) is 4.79. The smallest absolute Gasteiger partial charge is 0.286 e. The summed E-state index contributed by atoms with van der Waals surface area (Å²) in [4.78, 5) is 28.4. The van der Waals surface area contributed by atoms with Crippen LogP contribution in [0.1, 0.15) is 17.0 Å². The summed E-state index contributed by atoms with van der Waals surface area (Å²) in [6, 6.07) is 12.4. The maximum atomic E-state index is 11.7. The third-order valence-electron chi connectivity index (χ3n) is 5.44. The number of aromatic hydroxyl groups is 2. The monoisotopic (exact) mass is 496 g/mol. The van der Waals surface area contributed by atoms with E-state index < -0.39 is 0 Å². The molecule has 0 saturated carbocycles. The first-order valence-electron chi connectivity index (χ1n) is 10.5. The van der Waals surface area contributed by atoms with Gasteiger partial charge in [0.1, 0.15) is 11.5 Å². The molecule has 1 unspecified atom stereocenters. The third-order valence-corrected chi connectivity index (χ3v) is 7.50. The van der Waals surface area contributed by atoms with Gasteiger partial charge in [-0.25, -0.2) is 4.98 Å². The molecule has 0 radical (unpaired) electrons. The first-order chi connectivity index (χ1) is 16.4. The molecular weight excluding hydrogens is 476 g/mol. The molecule has 2 aromatic carbocycles. The Kier molecular flexibility index (Phi) is 5.93. The number of benzene rings is 2. The van der Waals surface area contributed by atoms with Gasteiger partial charge in [0.15, 0.2) is 11.5 Å². The number of nitrogens with zero attached hydrogens (tertiary/aromatic N) is 1. The maximum absolute atomic E-state index is 11.7. The van der Waals surface area contributed by atoms with Crippen LogP contribution in [0.4, 0.5) is 4.79 Å². The number of aryl methyl sites for hydroxylation is 1. The summed E-state index contributed by atoms with van der Waals surface area (Å²) in [5.74, 6) is 1.33. The fourth-order valence-corrected chi connectivity index (χ4v) is 5.53. The predicted molar refractivity (Wildman–Crippen MR) is 130 cm³/mol. The first kappa shape index (κ1) is 22.3. The second kappa shape index (κ2) is 9.03. The van der Waals surface area contributed by atoms with Crippen LogP contribution in [-0.4, -0.2) is 38.2 Å². The molecule has 10 heteroatoms. The summed E-state index contributed by atoms with van der Waals surface area (Å²) >= 11 is 2.44. The molecule has 1 saturated heterocycles. The van der Waals surface area contributed by atoms with Crippen LogP contribution in [0.3, 0.4) is 0 Å². The number of ether oxygens (including phenoxy) is 1. The number of rotatable bonds is 7. The van der Waals surface area contributed by atoms with Crippen molar-refractivity contribution >= 4 is 44.3 Å². The Morgan fingerprint density at radius 2 is 1.88 bits per heavy atom. The Hall–Kier alpha value is -3.50. The Labute approximate surface area is 202 Å². The Balaban J connectivity index is 1.19. The van der Waals surface area contributed by atoms with E-state index >= 15 is 0 Å². The van der Waals surface area contributed by atoms with Gasteiger partial charge in [0.2, 0.25) is 11.8 Å². The number of oxazole rings is 1. The molecule has 0 spiro atoms. The molecule has 1 aliphatic rings. The summed E-state index contributed by atoms with van der Waals surface area (Å²) < 4.78 is 12.5. The maximum Gasteiger partial charge on any atom is 0.286 e. The van der Waals surface area contributed by atoms with Gasteiger partial charge in [-0.05, 0) is 48.6 Å². The van der Waals surface area contributed by atoms with E-state index in [1.54, 1.807) is 0 Å². The zero-order valence-electron chi connectivity index (χ0n) is 18.0. The molecule has 4 aromatic rings. The Bertz CT molecular complexity index is 1350. The van der Waals surface area contributed by atoms with Crippen LogP contribution < -0.4 is 10.1 Å². The summed E-state index contributed by atoms with van der Waals surface area (Å²) in [7, 11) is 0. The lowest BCUT2D eigenvalue weighted by Crippen LogP contribution is -2.25. The number of aromatic nitrogens is 1. The Morgan fingerprint density at radius 3 is 2.62 bits per heavy atom. The second-order valence-electron chi connectivity index (χ2n) is 7.84. The third kappa shape index (κ3) is 4.59. The van der Waals surface area contributed by atoms with Gasteiger partial charge in [-0.15, -0.1) is 11.3 Å². The number of fused-ring (bicyclic) bond motifs is 1. The first-order valence-corrected chi connectivity index (χ1v) is 12.2. The molecule has 1 atom stereocenters. The number of hydrogen-bond acceptors (Lipinski definition) is 9. The number of carbonyl (C=O) groups is 2. The van der Waals surface area contributed by atoms with Crippen LogP contribution in [0.15, 0.2) is 46.9 Å². The van der Waals surface area contributed by atoms with Crippen molar-refractivity contribution in [2.45, 2.75) is 25.0 Å². The normalized spacial score (nSPS) is 15.7. The summed E-state index contributed by atoms with van der Waals surface area (Å²) in [6.45, 7) is 2.27. The number of phenolic OH excluding ortho intramolecular Hbond substituents is 2. The minimum absolute atomic E-state index is 0.159. The van der Waals surface area contributed by atoms with Crippen molar-refractivity contribution in [3.05, 3.63) is 59.5 Å². The zero-order chi connectivity index (χ0) is 23.8. The number of amides is 2. The van der Waals surface area contributed by atoms with Gasteiger partial charge >= 0.3 is 0 Å². The fourth-order valence-electron chi connectivity index (χ4n) is 3.66. The zero-order valence-corrected chi connectivity index (χ0v) is 19.7. The lowest BCUT2D eigenvalue weighted by atomic mass is 10.1. The highest BCUT2D eigenvalue weighted by Gasteiger charge is 2.31. The van der Waals surface area contributed by atoms with Gasteiger partial charge in [0.05, 0.1) is 22.4 Å². The standard InChI is InChI=1S/C24H20N2O6S2/c1-12-16(25-23(32-12)21-10-14-9-17(27)18(28)11-19(14)33-21)6-7-31-15-4-2-13(3-5-15)8-20-22(29)26-24(30)34-20/h2-5,9-11,20,27-28H,6-8H2,1H3,(H,26,29,30). The molecule has 174 valence electrons. The minimum atomic E-state index is -0.388. The van der Waals surface area contributed by atoms with E-state index in [0.717, 1.165) is 38.0 Å². The lowest BCUT2D eigenvalue weighted by molar-refractivity contribution is -0.118. The molecule has 2 amide bonds. The summed E-state index contributed by atoms with van der Waals surface area (Å²) in [6.07, 6.45) is 1.05. The molecule has 0 aliphatic carbocycles. The number of nitrogens with one attached hydrogen (secondary N) is 1. The number of phenols is 2. The van der Waals surface area contributed by atoms with E-state index in [2.05, 4.69) is 10.3 Å². The molecule has 2 aromatic heterocycles. The van der Waals surface area contributed by atoms with Crippen molar-refractivity contribution in [2.75, 3.05) is 6.61 Å². The molecule has 3 heterocycles. The van der Waals surface area contributed by atoms with Crippen molar-refractivity contribution in [3.63, 3.8) is 0 Å². The van der Waals surface area contributed by atoms with E-state index in [1.807, 2.05) is 37.3 Å². The molecule has 5 rings (SSSR count). The highest BCUT2D eigenvalue weighted by molar-refractivity contribution is 8.15. The van der Waals surface area contributed by atoms with Crippen LogP contribution >= 0.6 is 23.1 Å². The number of thiophene rings is 1. The van der Waals surface area contributed by atoms with Gasteiger partial charge in [0, 0.05) is 17.2 Å². The van der Waals surface area contributed by atoms with E-state index in [9.17, 15) is 19.8 Å². The molecular formula is C24H20N2O6S2. The highest BCUT2D eigenvalue weighted by Crippen LogP contribution is 2.39. The van der Waals surface area contributed by atoms with Crippen LogP contribution in [0.25, 0.3) is 20.9 Å². The van der Waals surface area contributed by atoms with Crippen molar-refractivity contribution in [3.8, 4) is 28.0 Å². The number of carbonyl (C=O) groups excluding carboxylic acids is 2. The van der Waals surface area contributed by atoms with Crippen LogP contribution in [-0.2, 0) is 17.6 Å². The van der Waals surface area contributed by atoms with Crippen LogP contribution in [0.5, 0.6) is 17.2 Å². The summed E-state index contributed by atoms with van der Waals surface area (Å²) in [5, 5.41) is 21.8. The minimum Gasteiger partial charge on any atom is -0.504 e. The van der Waals surface area contributed by atoms with Gasteiger partial charge in [-0.3, -0.25) is 14.9 Å². The molecule has 1 aliphatic heterocycles. The van der Waals surface area contributed by atoms with Crippen molar-refractivity contribution in [1.82, 2.24) is 10.3 Å². The summed E-state index contributed by atoms with van der Waals surface area (Å²) in [5.41, 5.74) is 1.75. The van der Waals surface area contributed by atoms with Gasteiger partial charge in [0.25, 0.3) is 5.24 Å². The second-order valence-corrected chi connectivity index (χ2v) is 10.1. The van der Waals surface area contributed by atoms with Crippen molar-refractivity contribution in [2.24, 2.45) is 0 Å². The van der Waals surface area contributed by atoms with E-state index in [1.165, 1.54) is 23.5 Å². The van der Waals surface area contributed by atoms with E-state index in [-0.39, 0.29) is 27.9 Å². The average molecular weight is 497 g/mol. The largest absolute Gasteiger partial charge is 0.504 e. The van der Waals surface area contributed by atoms with Gasteiger partial charge < -0.3 is 19.4 Å². The van der Waals surface area contributed by atoms with Crippen molar-refractivity contribution < 1.29 is 29.0 Å². The number of imide groups is 1. The lowest BCUT2D eigenvalue weighted by Gasteiger charge is -2.08. The van der Waals surface area contributed by atoms with Crippen LogP contribution in [0.2, 0.25) is 0 Å². The average Bonchev–Trinajstić information content (AvgIpc) is 3.46. The number of hydrogen-bond donors (Lipinski definition) is 3. The molecule has 34 heavy (non-hydrogen) atoms. The highest BCUT2D eigenvalue weighted by atomic mass is 32.2.